The summed E-state index contributed by atoms with van der Waals surface area (Å²) in [5.41, 5.74) is 3.18. The van der Waals surface area contributed by atoms with Gasteiger partial charge in [0.2, 0.25) is 0 Å². The van der Waals surface area contributed by atoms with E-state index in [9.17, 15) is 5.11 Å². The van der Waals surface area contributed by atoms with Crippen LogP contribution < -0.4 is 0 Å². The maximum atomic E-state index is 10.5. The molecule has 0 amide bonds. The number of imidazole rings is 1. The van der Waals surface area contributed by atoms with Crippen molar-refractivity contribution >= 4 is 5.52 Å². The Balaban J connectivity index is 2.25. The van der Waals surface area contributed by atoms with Gasteiger partial charge in [-0.05, 0) is 30.9 Å². The number of aromatic nitrogens is 2. The lowest BCUT2D eigenvalue weighted by Gasteiger charge is -2.19. The van der Waals surface area contributed by atoms with Crippen LogP contribution in [0.1, 0.15) is 56.8 Å². The third kappa shape index (κ3) is 3.16. The molecule has 0 fully saturated rings. The maximum absolute atomic E-state index is 10.5. The van der Waals surface area contributed by atoms with Crippen LogP contribution in [0, 0.1) is 12.8 Å². The van der Waals surface area contributed by atoms with Gasteiger partial charge in [-0.15, -0.1) is 0 Å². The van der Waals surface area contributed by atoms with Gasteiger partial charge in [0, 0.05) is 11.8 Å². The monoisotopic (exact) mass is 260 g/mol. The van der Waals surface area contributed by atoms with Crippen LogP contribution in [0.2, 0.25) is 0 Å². The van der Waals surface area contributed by atoms with Gasteiger partial charge in [0.1, 0.15) is 0 Å². The van der Waals surface area contributed by atoms with E-state index in [4.69, 9.17) is 0 Å². The third-order valence-electron chi connectivity index (χ3n) is 3.88. The Bertz CT molecular complexity index is 533. The normalized spacial score (nSPS) is 14.7. The van der Waals surface area contributed by atoms with Gasteiger partial charge in [0.15, 0.2) is 0 Å². The van der Waals surface area contributed by atoms with Crippen LogP contribution in [0.25, 0.3) is 5.52 Å². The second-order valence-electron chi connectivity index (χ2n) is 5.47. The molecule has 2 aromatic heterocycles. The number of fused-ring (bicyclic) bond motifs is 1. The summed E-state index contributed by atoms with van der Waals surface area (Å²) in [6.07, 6.45) is 9.62. The molecule has 104 valence electrons. The zero-order valence-corrected chi connectivity index (χ0v) is 12.1. The van der Waals surface area contributed by atoms with Crippen molar-refractivity contribution in [1.29, 1.82) is 0 Å². The van der Waals surface area contributed by atoms with Crippen LogP contribution in [0.5, 0.6) is 0 Å². The molecule has 0 saturated heterocycles. The highest BCUT2D eigenvalue weighted by Gasteiger charge is 2.17. The Morgan fingerprint density at radius 3 is 2.84 bits per heavy atom. The number of rotatable bonds is 6. The summed E-state index contributed by atoms with van der Waals surface area (Å²) in [4.78, 5) is 4.17. The minimum absolute atomic E-state index is 0.393. The van der Waals surface area contributed by atoms with Crippen LogP contribution in [-0.4, -0.2) is 14.5 Å². The molecule has 2 unspecified atom stereocenters. The first-order chi connectivity index (χ1) is 9.15. The van der Waals surface area contributed by atoms with E-state index in [2.05, 4.69) is 31.8 Å². The summed E-state index contributed by atoms with van der Waals surface area (Å²) in [6.45, 7) is 6.47. The lowest BCUT2D eigenvalue weighted by molar-refractivity contribution is 0.140. The predicted molar refractivity (Wildman–Crippen MR) is 78.2 cm³/mol. The lowest BCUT2D eigenvalue weighted by atomic mass is 9.91. The number of aliphatic hydroxyl groups is 1. The predicted octanol–water partition coefficient (Wildman–Crippen LogP) is 3.89. The van der Waals surface area contributed by atoms with E-state index >= 15 is 0 Å². The van der Waals surface area contributed by atoms with Gasteiger partial charge in [-0.1, -0.05) is 33.1 Å². The molecule has 0 aliphatic heterocycles. The van der Waals surface area contributed by atoms with E-state index in [0.29, 0.717) is 5.92 Å². The van der Waals surface area contributed by atoms with Gasteiger partial charge in [-0.3, -0.25) is 0 Å². The summed E-state index contributed by atoms with van der Waals surface area (Å²) in [6, 6.07) is 2.08. The van der Waals surface area contributed by atoms with E-state index in [1.165, 1.54) is 12.8 Å². The van der Waals surface area contributed by atoms with Crippen LogP contribution in [0.4, 0.5) is 0 Å². The van der Waals surface area contributed by atoms with Crippen molar-refractivity contribution in [2.24, 2.45) is 5.92 Å². The molecule has 0 bridgehead atoms. The number of hydrogen-bond acceptors (Lipinski definition) is 2. The SMILES string of the molecule is CCCC(CC)CC(O)c1cc(C)cn2cncc12. The molecule has 2 rings (SSSR count). The molecule has 0 saturated carbocycles. The summed E-state index contributed by atoms with van der Waals surface area (Å²) in [5, 5.41) is 10.5. The number of nitrogens with zero attached hydrogens (tertiary/aromatic N) is 2. The van der Waals surface area contributed by atoms with Gasteiger partial charge >= 0.3 is 0 Å². The summed E-state index contributed by atoms with van der Waals surface area (Å²) < 4.78 is 1.99. The van der Waals surface area contributed by atoms with E-state index in [-0.39, 0.29) is 0 Å². The molecule has 2 heterocycles. The zero-order valence-electron chi connectivity index (χ0n) is 12.1. The fraction of sp³-hybridized carbons (Fsp3) is 0.562. The molecule has 0 aliphatic carbocycles. The summed E-state index contributed by atoms with van der Waals surface area (Å²) in [7, 11) is 0. The van der Waals surface area contributed by atoms with Gasteiger partial charge < -0.3 is 9.51 Å². The zero-order chi connectivity index (χ0) is 13.8. The van der Waals surface area contributed by atoms with Crippen molar-refractivity contribution < 1.29 is 5.11 Å². The molecule has 2 aromatic rings. The molecular weight excluding hydrogens is 236 g/mol. The minimum Gasteiger partial charge on any atom is -0.388 e. The second-order valence-corrected chi connectivity index (χ2v) is 5.47. The maximum Gasteiger partial charge on any atom is 0.0992 e. The Labute approximate surface area is 115 Å². The molecule has 19 heavy (non-hydrogen) atoms. The second kappa shape index (κ2) is 6.20. The highest BCUT2D eigenvalue weighted by Crippen LogP contribution is 2.29. The lowest BCUT2D eigenvalue weighted by Crippen LogP contribution is -2.08. The van der Waals surface area contributed by atoms with Crippen molar-refractivity contribution in [3.8, 4) is 0 Å². The molecule has 2 atom stereocenters. The smallest absolute Gasteiger partial charge is 0.0992 e. The first-order valence-electron chi connectivity index (χ1n) is 7.26. The Morgan fingerprint density at radius 2 is 2.16 bits per heavy atom. The van der Waals surface area contributed by atoms with Crippen molar-refractivity contribution in [2.75, 3.05) is 0 Å². The highest BCUT2D eigenvalue weighted by atomic mass is 16.3. The van der Waals surface area contributed by atoms with Crippen molar-refractivity contribution in [2.45, 2.75) is 52.6 Å². The Hall–Kier alpha value is -1.35. The van der Waals surface area contributed by atoms with Gasteiger partial charge in [0.25, 0.3) is 0 Å². The summed E-state index contributed by atoms with van der Waals surface area (Å²) >= 11 is 0. The topological polar surface area (TPSA) is 37.5 Å². The molecule has 3 nitrogen and oxygen atoms in total. The van der Waals surface area contributed by atoms with Gasteiger partial charge in [-0.2, -0.15) is 0 Å². The van der Waals surface area contributed by atoms with E-state index < -0.39 is 6.10 Å². The Kier molecular flexibility index (Phi) is 4.59. The van der Waals surface area contributed by atoms with Crippen molar-refractivity contribution in [3.05, 3.63) is 35.9 Å². The minimum atomic E-state index is -0.393. The third-order valence-corrected chi connectivity index (χ3v) is 3.88. The average molecular weight is 260 g/mol. The van der Waals surface area contributed by atoms with Crippen molar-refractivity contribution in [3.63, 3.8) is 0 Å². The van der Waals surface area contributed by atoms with E-state index in [0.717, 1.165) is 29.5 Å². The van der Waals surface area contributed by atoms with E-state index in [1.807, 2.05) is 16.8 Å². The number of pyridine rings is 1. The largest absolute Gasteiger partial charge is 0.388 e. The molecule has 1 N–H and O–H groups in total. The molecular formula is C16H24N2O. The number of hydrogen-bond donors (Lipinski definition) is 1. The highest BCUT2D eigenvalue weighted by molar-refractivity contribution is 5.55. The van der Waals surface area contributed by atoms with Gasteiger partial charge in [0.05, 0.1) is 24.1 Å². The van der Waals surface area contributed by atoms with Crippen LogP contribution >= 0.6 is 0 Å². The fourth-order valence-corrected chi connectivity index (χ4v) is 2.81. The van der Waals surface area contributed by atoms with E-state index in [1.54, 1.807) is 6.33 Å². The quantitative estimate of drug-likeness (QED) is 0.855. The number of aliphatic hydroxyl groups excluding tert-OH is 1. The van der Waals surface area contributed by atoms with Crippen molar-refractivity contribution in [1.82, 2.24) is 9.38 Å². The fourth-order valence-electron chi connectivity index (χ4n) is 2.81. The Morgan fingerprint density at radius 1 is 1.37 bits per heavy atom. The van der Waals surface area contributed by atoms with Crippen LogP contribution in [0.15, 0.2) is 24.8 Å². The molecule has 0 aromatic carbocycles. The van der Waals surface area contributed by atoms with Crippen LogP contribution in [0.3, 0.4) is 0 Å². The van der Waals surface area contributed by atoms with Crippen LogP contribution in [-0.2, 0) is 0 Å². The standard InChI is InChI=1S/C16H24N2O/c1-4-6-13(5-2)8-16(19)14-7-12(3)10-18-11-17-9-15(14)18/h7,9-11,13,16,19H,4-6,8H2,1-3H3. The first kappa shape index (κ1) is 14.1. The number of aryl methyl sites for hydroxylation is 1. The molecule has 3 heteroatoms. The van der Waals surface area contributed by atoms with Gasteiger partial charge in [-0.25, -0.2) is 4.98 Å². The average Bonchev–Trinajstić information content (AvgIpc) is 2.84. The molecule has 0 spiro atoms. The molecule has 0 aliphatic rings. The first-order valence-corrected chi connectivity index (χ1v) is 7.26. The molecule has 0 radical (unpaired) electrons. The summed E-state index contributed by atoms with van der Waals surface area (Å²) in [5.74, 6) is 0.600.